The summed E-state index contributed by atoms with van der Waals surface area (Å²) < 4.78 is 1.93. The molecule has 7 nitrogen and oxygen atoms in total. The molecular weight excluding hydrogens is 338 g/mol. The van der Waals surface area contributed by atoms with E-state index in [0.29, 0.717) is 21.2 Å². The van der Waals surface area contributed by atoms with Gasteiger partial charge in [0.05, 0.1) is 0 Å². The summed E-state index contributed by atoms with van der Waals surface area (Å²) in [5.41, 5.74) is 2.07. The summed E-state index contributed by atoms with van der Waals surface area (Å²) >= 11 is 1.31. The normalized spacial score (nSPS) is 11.1. The van der Waals surface area contributed by atoms with Gasteiger partial charge in [0.2, 0.25) is 10.9 Å². The van der Waals surface area contributed by atoms with Gasteiger partial charge in [-0.2, -0.15) is 0 Å². The Morgan fingerprint density at radius 2 is 1.84 bits per heavy atom. The molecule has 2 aromatic heterocycles. The summed E-state index contributed by atoms with van der Waals surface area (Å²) in [6.45, 7) is 7.42. The van der Waals surface area contributed by atoms with E-state index in [-0.39, 0.29) is 17.7 Å². The van der Waals surface area contributed by atoms with Gasteiger partial charge in [0.1, 0.15) is 10.7 Å². The minimum atomic E-state index is -0.206. The molecule has 0 radical (unpaired) electrons. The van der Waals surface area contributed by atoms with E-state index in [2.05, 4.69) is 20.8 Å². The maximum atomic E-state index is 12.7. The number of hydrogen-bond donors (Lipinski definition) is 2. The average Bonchev–Trinajstić information content (AvgIpc) is 3.07. The molecule has 3 aromatic rings. The highest BCUT2D eigenvalue weighted by Crippen LogP contribution is 2.26. The number of nitrogens with one attached hydrogen (secondary N) is 2. The van der Waals surface area contributed by atoms with E-state index in [4.69, 9.17) is 0 Å². The zero-order valence-corrected chi connectivity index (χ0v) is 15.3. The molecule has 0 aliphatic carbocycles. The molecule has 2 heterocycles. The second kappa shape index (κ2) is 6.64. The monoisotopic (exact) mass is 357 g/mol. The SMILES string of the molecule is CC(=O)Nc1cccc(NC(=O)c2sc3nnc(C(C)C)n3c2C)c1. The molecule has 0 fully saturated rings. The summed E-state index contributed by atoms with van der Waals surface area (Å²) in [5.74, 6) is 0.694. The molecule has 0 unspecified atom stereocenters. The minimum Gasteiger partial charge on any atom is -0.326 e. The topological polar surface area (TPSA) is 88.4 Å². The lowest BCUT2D eigenvalue weighted by molar-refractivity contribution is -0.114. The molecule has 0 aliphatic heterocycles. The predicted octanol–water partition coefficient (Wildman–Crippen LogP) is 3.43. The van der Waals surface area contributed by atoms with Crippen LogP contribution in [0.4, 0.5) is 11.4 Å². The fourth-order valence-electron chi connectivity index (χ4n) is 2.58. The van der Waals surface area contributed by atoms with E-state index < -0.39 is 0 Å². The molecule has 2 N–H and O–H groups in total. The second-order valence-electron chi connectivity index (χ2n) is 6.06. The molecule has 130 valence electrons. The zero-order chi connectivity index (χ0) is 18.1. The first-order valence-electron chi connectivity index (χ1n) is 7.90. The summed E-state index contributed by atoms with van der Waals surface area (Å²) in [5, 5.41) is 13.9. The number of aryl methyl sites for hydroxylation is 1. The Kier molecular flexibility index (Phi) is 4.54. The third kappa shape index (κ3) is 3.39. The molecule has 0 saturated heterocycles. The van der Waals surface area contributed by atoms with E-state index in [9.17, 15) is 9.59 Å². The van der Waals surface area contributed by atoms with Gasteiger partial charge in [-0.3, -0.25) is 14.0 Å². The molecule has 25 heavy (non-hydrogen) atoms. The summed E-state index contributed by atoms with van der Waals surface area (Å²) in [6.07, 6.45) is 0. The molecule has 3 rings (SSSR count). The third-order valence-electron chi connectivity index (χ3n) is 3.68. The standard InChI is InChI=1S/C17H19N5O2S/c1-9(2)15-20-21-17-22(15)10(3)14(25-17)16(24)19-13-7-5-6-12(8-13)18-11(4)23/h5-9H,1-4H3,(H,18,23)(H,19,24). The number of aromatic nitrogens is 3. The highest BCUT2D eigenvalue weighted by Gasteiger charge is 2.21. The third-order valence-corrected chi connectivity index (χ3v) is 4.81. The Morgan fingerprint density at radius 3 is 2.48 bits per heavy atom. The Balaban J connectivity index is 1.88. The van der Waals surface area contributed by atoms with Crippen LogP contribution in [0.5, 0.6) is 0 Å². The molecule has 0 aliphatic rings. The van der Waals surface area contributed by atoms with Gasteiger partial charge in [-0.25, -0.2) is 0 Å². The molecule has 8 heteroatoms. The van der Waals surface area contributed by atoms with Gasteiger partial charge in [0.25, 0.3) is 5.91 Å². The van der Waals surface area contributed by atoms with Crippen LogP contribution >= 0.6 is 11.3 Å². The van der Waals surface area contributed by atoms with Crippen molar-refractivity contribution in [2.45, 2.75) is 33.6 Å². The van der Waals surface area contributed by atoms with E-state index in [0.717, 1.165) is 11.5 Å². The van der Waals surface area contributed by atoms with Gasteiger partial charge in [0.15, 0.2) is 0 Å². The number of hydrogen-bond acceptors (Lipinski definition) is 5. The number of rotatable bonds is 4. The highest BCUT2D eigenvalue weighted by molar-refractivity contribution is 7.19. The number of nitrogens with zero attached hydrogens (tertiary/aromatic N) is 3. The fourth-order valence-corrected chi connectivity index (χ4v) is 3.55. The summed E-state index contributed by atoms with van der Waals surface area (Å²) in [7, 11) is 0. The Bertz CT molecular complexity index is 957. The fraction of sp³-hybridized carbons (Fsp3) is 0.294. The van der Waals surface area contributed by atoms with Gasteiger partial charge < -0.3 is 10.6 Å². The van der Waals surface area contributed by atoms with Gasteiger partial charge in [0, 0.05) is 29.9 Å². The number of carbonyl (C=O) groups is 2. The lowest BCUT2D eigenvalue weighted by atomic mass is 10.2. The van der Waals surface area contributed by atoms with Crippen LogP contribution in [0.3, 0.4) is 0 Å². The number of fused-ring (bicyclic) bond motifs is 1. The van der Waals surface area contributed by atoms with E-state index in [1.165, 1.54) is 18.3 Å². The van der Waals surface area contributed by atoms with Crippen molar-refractivity contribution in [2.75, 3.05) is 10.6 Å². The van der Waals surface area contributed by atoms with Crippen LogP contribution in [0.15, 0.2) is 24.3 Å². The number of thiazole rings is 1. The Morgan fingerprint density at radius 1 is 1.16 bits per heavy atom. The van der Waals surface area contributed by atoms with Crippen LogP contribution in [0.25, 0.3) is 4.96 Å². The van der Waals surface area contributed by atoms with Crippen molar-refractivity contribution < 1.29 is 9.59 Å². The highest BCUT2D eigenvalue weighted by atomic mass is 32.1. The number of benzene rings is 1. The van der Waals surface area contributed by atoms with Gasteiger partial charge in [-0.05, 0) is 25.1 Å². The molecule has 1 aromatic carbocycles. The van der Waals surface area contributed by atoms with Crippen molar-refractivity contribution in [3.05, 3.63) is 40.7 Å². The lowest BCUT2D eigenvalue weighted by Gasteiger charge is -2.08. The first-order valence-corrected chi connectivity index (χ1v) is 8.72. The van der Waals surface area contributed by atoms with Crippen LogP contribution in [0.1, 0.15) is 47.9 Å². The number of carbonyl (C=O) groups excluding carboxylic acids is 2. The minimum absolute atomic E-state index is 0.160. The van der Waals surface area contributed by atoms with Crippen LogP contribution in [0.2, 0.25) is 0 Å². The van der Waals surface area contributed by atoms with Gasteiger partial charge in [-0.15, -0.1) is 10.2 Å². The molecule has 2 amide bonds. The van der Waals surface area contributed by atoms with Crippen molar-refractivity contribution in [2.24, 2.45) is 0 Å². The van der Waals surface area contributed by atoms with Crippen molar-refractivity contribution in [1.29, 1.82) is 0 Å². The van der Waals surface area contributed by atoms with Crippen molar-refractivity contribution in [3.63, 3.8) is 0 Å². The Labute approximate surface area is 149 Å². The molecule has 0 atom stereocenters. The smallest absolute Gasteiger partial charge is 0.267 e. The maximum absolute atomic E-state index is 12.7. The molecule has 0 bridgehead atoms. The average molecular weight is 357 g/mol. The Hall–Kier alpha value is -2.74. The van der Waals surface area contributed by atoms with Crippen LogP contribution < -0.4 is 10.6 Å². The van der Waals surface area contributed by atoms with Gasteiger partial charge >= 0.3 is 0 Å². The predicted molar refractivity (Wildman–Crippen MR) is 98.4 cm³/mol. The second-order valence-corrected chi connectivity index (χ2v) is 7.04. The zero-order valence-electron chi connectivity index (χ0n) is 14.5. The molecule has 0 spiro atoms. The first-order chi connectivity index (χ1) is 11.9. The van der Waals surface area contributed by atoms with Gasteiger partial charge in [-0.1, -0.05) is 31.3 Å². The number of amides is 2. The summed E-state index contributed by atoms with van der Waals surface area (Å²) in [4.78, 5) is 25.1. The molecule has 0 saturated carbocycles. The van der Waals surface area contributed by atoms with Crippen LogP contribution in [0, 0.1) is 6.92 Å². The van der Waals surface area contributed by atoms with Crippen molar-refractivity contribution >= 4 is 39.5 Å². The largest absolute Gasteiger partial charge is 0.326 e. The quantitative estimate of drug-likeness (QED) is 0.749. The van der Waals surface area contributed by atoms with E-state index in [1.807, 2.05) is 25.2 Å². The van der Waals surface area contributed by atoms with E-state index in [1.54, 1.807) is 24.3 Å². The van der Waals surface area contributed by atoms with Crippen molar-refractivity contribution in [3.8, 4) is 0 Å². The van der Waals surface area contributed by atoms with Crippen LogP contribution in [-0.2, 0) is 4.79 Å². The van der Waals surface area contributed by atoms with Crippen molar-refractivity contribution in [1.82, 2.24) is 14.6 Å². The first kappa shape index (κ1) is 17.1. The van der Waals surface area contributed by atoms with E-state index >= 15 is 0 Å². The van der Waals surface area contributed by atoms with Crippen LogP contribution in [-0.4, -0.2) is 26.4 Å². The number of anilines is 2. The lowest BCUT2D eigenvalue weighted by Crippen LogP contribution is -2.13. The summed E-state index contributed by atoms with van der Waals surface area (Å²) in [6, 6.07) is 7.03. The molecular formula is C17H19N5O2S. The maximum Gasteiger partial charge on any atom is 0.267 e.